The molecule has 1 fully saturated rings. The third-order valence-electron chi connectivity index (χ3n) is 4.07. The molecule has 0 aliphatic carbocycles. The second kappa shape index (κ2) is 7.57. The van der Waals surface area contributed by atoms with Crippen LogP contribution in [-0.2, 0) is 4.79 Å². The highest BCUT2D eigenvalue weighted by atomic mass is 16.2. The monoisotopic (exact) mass is 289 g/mol. The van der Waals surface area contributed by atoms with Crippen molar-refractivity contribution >= 4 is 11.6 Å². The zero-order chi connectivity index (χ0) is 15.2. The molecule has 0 spiro atoms. The Morgan fingerprint density at radius 2 is 2.24 bits per heavy atom. The summed E-state index contributed by atoms with van der Waals surface area (Å²) >= 11 is 0. The minimum absolute atomic E-state index is 0.0843. The van der Waals surface area contributed by atoms with E-state index in [0.717, 1.165) is 25.3 Å². The summed E-state index contributed by atoms with van der Waals surface area (Å²) in [6.45, 7) is 7.88. The van der Waals surface area contributed by atoms with E-state index in [1.54, 1.807) is 0 Å². The standard InChI is InChI=1S/C17H27N3O/c1-13(2)15-5-4-6-16(9-15)19-17(21)12-20-8-7-14(11-20)10-18-3/h4-6,9,13-14,18H,7-8,10-12H2,1-3H3,(H,19,21). The minimum Gasteiger partial charge on any atom is -0.325 e. The Labute approximate surface area is 127 Å². The van der Waals surface area contributed by atoms with Crippen LogP contribution in [-0.4, -0.2) is 44.0 Å². The van der Waals surface area contributed by atoms with Crippen LogP contribution in [0.15, 0.2) is 24.3 Å². The van der Waals surface area contributed by atoms with Crippen molar-refractivity contribution < 1.29 is 4.79 Å². The van der Waals surface area contributed by atoms with Crippen molar-refractivity contribution in [1.82, 2.24) is 10.2 Å². The molecule has 2 N–H and O–H groups in total. The Morgan fingerprint density at radius 1 is 1.43 bits per heavy atom. The van der Waals surface area contributed by atoms with Crippen LogP contribution < -0.4 is 10.6 Å². The summed E-state index contributed by atoms with van der Waals surface area (Å²) in [5.41, 5.74) is 2.15. The first-order valence-electron chi connectivity index (χ1n) is 7.85. The van der Waals surface area contributed by atoms with Crippen LogP contribution in [0.1, 0.15) is 31.7 Å². The van der Waals surface area contributed by atoms with Crippen molar-refractivity contribution in [2.24, 2.45) is 5.92 Å². The van der Waals surface area contributed by atoms with Gasteiger partial charge in [-0.25, -0.2) is 0 Å². The van der Waals surface area contributed by atoms with Crippen LogP contribution in [0.5, 0.6) is 0 Å². The SMILES string of the molecule is CNCC1CCN(CC(=O)Nc2cccc(C(C)C)c2)C1. The van der Waals surface area contributed by atoms with E-state index in [1.807, 2.05) is 19.2 Å². The van der Waals surface area contributed by atoms with E-state index in [-0.39, 0.29) is 5.91 Å². The number of nitrogens with one attached hydrogen (secondary N) is 2. The molecule has 1 aromatic carbocycles. The number of benzene rings is 1. The molecule has 0 bridgehead atoms. The summed E-state index contributed by atoms with van der Waals surface area (Å²) in [4.78, 5) is 14.4. The minimum atomic E-state index is 0.0843. The molecule has 0 aromatic heterocycles. The molecule has 21 heavy (non-hydrogen) atoms. The molecule has 1 aromatic rings. The van der Waals surface area contributed by atoms with Crippen LogP contribution in [0.3, 0.4) is 0 Å². The highest BCUT2D eigenvalue weighted by molar-refractivity contribution is 5.92. The highest BCUT2D eigenvalue weighted by Crippen LogP contribution is 2.19. The van der Waals surface area contributed by atoms with Crippen LogP contribution >= 0.6 is 0 Å². The number of nitrogens with zero attached hydrogens (tertiary/aromatic N) is 1. The van der Waals surface area contributed by atoms with Crippen LogP contribution in [0, 0.1) is 5.92 Å². The van der Waals surface area contributed by atoms with Gasteiger partial charge in [0.1, 0.15) is 0 Å². The quantitative estimate of drug-likeness (QED) is 0.844. The summed E-state index contributed by atoms with van der Waals surface area (Å²) in [6.07, 6.45) is 1.18. The van der Waals surface area contributed by atoms with Gasteiger partial charge in [0.25, 0.3) is 0 Å². The lowest BCUT2D eigenvalue weighted by molar-refractivity contribution is -0.117. The topological polar surface area (TPSA) is 44.4 Å². The van der Waals surface area contributed by atoms with Crippen molar-refractivity contribution in [3.63, 3.8) is 0 Å². The molecule has 1 unspecified atom stereocenters. The van der Waals surface area contributed by atoms with Gasteiger partial charge >= 0.3 is 0 Å². The molecule has 2 rings (SSSR count). The van der Waals surface area contributed by atoms with Gasteiger partial charge in [-0.1, -0.05) is 26.0 Å². The second-order valence-corrected chi connectivity index (χ2v) is 6.28. The van der Waals surface area contributed by atoms with Gasteiger partial charge in [0.2, 0.25) is 5.91 Å². The third kappa shape index (κ3) is 4.83. The molecule has 1 aliphatic heterocycles. The molecule has 4 nitrogen and oxygen atoms in total. The average Bonchev–Trinajstić information content (AvgIpc) is 2.86. The molecular weight excluding hydrogens is 262 g/mol. The molecule has 0 saturated carbocycles. The Kier molecular flexibility index (Phi) is 5.76. The first kappa shape index (κ1) is 16.0. The summed E-state index contributed by atoms with van der Waals surface area (Å²) in [7, 11) is 1.98. The summed E-state index contributed by atoms with van der Waals surface area (Å²) < 4.78 is 0. The average molecular weight is 289 g/mol. The lowest BCUT2D eigenvalue weighted by atomic mass is 10.0. The Morgan fingerprint density at radius 3 is 2.95 bits per heavy atom. The first-order valence-corrected chi connectivity index (χ1v) is 7.85. The number of hydrogen-bond acceptors (Lipinski definition) is 3. The summed E-state index contributed by atoms with van der Waals surface area (Å²) in [5, 5.41) is 6.23. The number of hydrogen-bond donors (Lipinski definition) is 2. The Bertz CT molecular complexity index is 473. The van der Waals surface area contributed by atoms with E-state index >= 15 is 0 Å². The van der Waals surface area contributed by atoms with Crippen molar-refractivity contribution in [2.45, 2.75) is 26.2 Å². The van der Waals surface area contributed by atoms with Crippen molar-refractivity contribution in [1.29, 1.82) is 0 Å². The van der Waals surface area contributed by atoms with E-state index < -0.39 is 0 Å². The fourth-order valence-electron chi connectivity index (χ4n) is 2.89. The van der Waals surface area contributed by atoms with E-state index in [1.165, 1.54) is 12.0 Å². The van der Waals surface area contributed by atoms with Crippen molar-refractivity contribution in [2.75, 3.05) is 38.5 Å². The highest BCUT2D eigenvalue weighted by Gasteiger charge is 2.23. The first-order chi connectivity index (χ1) is 10.1. The van der Waals surface area contributed by atoms with Gasteiger partial charge in [-0.3, -0.25) is 9.69 Å². The van der Waals surface area contributed by atoms with Gasteiger partial charge in [-0.2, -0.15) is 0 Å². The summed E-state index contributed by atoms with van der Waals surface area (Å²) in [5.74, 6) is 1.23. The maximum atomic E-state index is 12.1. The fraction of sp³-hybridized carbons (Fsp3) is 0.588. The van der Waals surface area contributed by atoms with Crippen LogP contribution in [0.25, 0.3) is 0 Å². The molecule has 1 atom stereocenters. The number of anilines is 1. The largest absolute Gasteiger partial charge is 0.325 e. The molecule has 4 heteroatoms. The molecule has 1 aliphatic rings. The normalized spacial score (nSPS) is 19.1. The zero-order valence-electron chi connectivity index (χ0n) is 13.4. The van der Waals surface area contributed by atoms with E-state index in [9.17, 15) is 4.79 Å². The lowest BCUT2D eigenvalue weighted by Crippen LogP contribution is -2.32. The molecule has 1 saturated heterocycles. The van der Waals surface area contributed by atoms with E-state index in [4.69, 9.17) is 0 Å². The van der Waals surface area contributed by atoms with Gasteiger partial charge in [0.05, 0.1) is 6.54 Å². The van der Waals surface area contributed by atoms with Gasteiger partial charge in [-0.05, 0) is 56.1 Å². The van der Waals surface area contributed by atoms with Gasteiger partial charge in [0, 0.05) is 12.2 Å². The Hall–Kier alpha value is -1.39. The maximum Gasteiger partial charge on any atom is 0.238 e. The number of carbonyl (C=O) groups excluding carboxylic acids is 1. The molecule has 116 valence electrons. The lowest BCUT2D eigenvalue weighted by Gasteiger charge is -2.16. The van der Waals surface area contributed by atoms with Gasteiger partial charge in [0.15, 0.2) is 0 Å². The molecule has 1 heterocycles. The number of carbonyl (C=O) groups is 1. The van der Waals surface area contributed by atoms with Crippen molar-refractivity contribution in [3.05, 3.63) is 29.8 Å². The van der Waals surface area contributed by atoms with Crippen molar-refractivity contribution in [3.8, 4) is 0 Å². The predicted molar refractivity (Wildman–Crippen MR) is 87.6 cm³/mol. The Balaban J connectivity index is 1.83. The number of likely N-dealkylation sites (tertiary alicyclic amines) is 1. The summed E-state index contributed by atoms with van der Waals surface area (Å²) in [6, 6.07) is 8.13. The predicted octanol–water partition coefficient (Wildman–Crippen LogP) is 2.29. The smallest absolute Gasteiger partial charge is 0.238 e. The number of amides is 1. The van der Waals surface area contributed by atoms with Gasteiger partial charge < -0.3 is 10.6 Å². The molecule has 1 amide bonds. The maximum absolute atomic E-state index is 12.1. The van der Waals surface area contributed by atoms with Crippen LogP contribution in [0.2, 0.25) is 0 Å². The molecular formula is C17H27N3O. The second-order valence-electron chi connectivity index (χ2n) is 6.28. The number of rotatable bonds is 6. The van der Waals surface area contributed by atoms with E-state index in [2.05, 4.69) is 41.5 Å². The van der Waals surface area contributed by atoms with Gasteiger partial charge in [-0.15, -0.1) is 0 Å². The fourth-order valence-corrected chi connectivity index (χ4v) is 2.89. The zero-order valence-corrected chi connectivity index (χ0v) is 13.4. The third-order valence-corrected chi connectivity index (χ3v) is 4.07. The van der Waals surface area contributed by atoms with E-state index in [0.29, 0.717) is 18.4 Å². The molecule has 0 radical (unpaired) electrons. The van der Waals surface area contributed by atoms with Crippen LogP contribution in [0.4, 0.5) is 5.69 Å².